The monoisotopic (exact) mass is 228 g/mol. The second kappa shape index (κ2) is 4.67. The predicted molar refractivity (Wildman–Crippen MR) is 54.8 cm³/mol. The molecule has 0 amide bonds. The Morgan fingerprint density at radius 2 is 2.60 bits per heavy atom. The lowest BCUT2D eigenvalue weighted by Crippen LogP contribution is -2.21. The zero-order valence-electron chi connectivity index (χ0n) is 8.05. The van der Waals surface area contributed by atoms with E-state index in [2.05, 4.69) is 9.97 Å². The molecular formula is C9H12N2O3S. The first-order chi connectivity index (χ1) is 7.25. The van der Waals surface area contributed by atoms with Crippen molar-refractivity contribution in [3.8, 4) is 0 Å². The van der Waals surface area contributed by atoms with Crippen molar-refractivity contribution in [2.45, 2.75) is 30.2 Å². The van der Waals surface area contributed by atoms with Gasteiger partial charge in [0.15, 0.2) is 11.3 Å². The highest BCUT2D eigenvalue weighted by molar-refractivity contribution is 7.99. The molecule has 6 heteroatoms. The number of nitrogens with one attached hydrogen (secondary N) is 1. The number of nitrogens with zero attached hydrogens (tertiary/aromatic N) is 1. The standard InChI is InChI=1S/C9H12N2O3S/c12-8(13)7-2-1-6(14-7)5-15-9-10-3-4-11-9/h3-4,6-7H,1-2,5H2,(H,10,11)(H,12,13). The van der Waals surface area contributed by atoms with Crippen molar-refractivity contribution in [3.05, 3.63) is 12.4 Å². The van der Waals surface area contributed by atoms with Crippen molar-refractivity contribution in [3.63, 3.8) is 0 Å². The van der Waals surface area contributed by atoms with E-state index >= 15 is 0 Å². The number of thioether (sulfide) groups is 1. The molecule has 2 rings (SSSR count). The van der Waals surface area contributed by atoms with Crippen molar-refractivity contribution in [1.82, 2.24) is 9.97 Å². The highest BCUT2D eigenvalue weighted by Crippen LogP contribution is 2.25. The number of carboxylic acid groups (broad SMARTS) is 1. The highest BCUT2D eigenvalue weighted by atomic mass is 32.2. The van der Waals surface area contributed by atoms with E-state index < -0.39 is 12.1 Å². The highest BCUT2D eigenvalue weighted by Gasteiger charge is 2.30. The molecule has 82 valence electrons. The molecule has 1 fully saturated rings. The fraction of sp³-hybridized carbons (Fsp3) is 0.556. The minimum Gasteiger partial charge on any atom is -0.479 e. The lowest BCUT2D eigenvalue weighted by molar-refractivity contribution is -0.148. The summed E-state index contributed by atoms with van der Waals surface area (Å²) in [6.07, 6.45) is 4.28. The number of hydrogen-bond donors (Lipinski definition) is 2. The Morgan fingerprint density at radius 1 is 1.73 bits per heavy atom. The minimum atomic E-state index is -0.861. The van der Waals surface area contributed by atoms with Crippen LogP contribution in [0.15, 0.2) is 17.6 Å². The summed E-state index contributed by atoms with van der Waals surface area (Å²) in [5, 5.41) is 9.58. The fourth-order valence-electron chi connectivity index (χ4n) is 1.51. The van der Waals surface area contributed by atoms with Crippen LogP contribution in [0, 0.1) is 0 Å². The first-order valence-electron chi connectivity index (χ1n) is 4.76. The number of H-pyrrole nitrogens is 1. The maximum atomic E-state index is 10.6. The molecule has 1 aliphatic rings. The van der Waals surface area contributed by atoms with Gasteiger partial charge in [-0.2, -0.15) is 0 Å². The zero-order chi connectivity index (χ0) is 10.7. The maximum absolute atomic E-state index is 10.6. The van der Waals surface area contributed by atoms with E-state index in [0.29, 0.717) is 6.42 Å². The molecule has 0 aromatic carbocycles. The van der Waals surface area contributed by atoms with Gasteiger partial charge >= 0.3 is 5.97 Å². The van der Waals surface area contributed by atoms with Gasteiger partial charge in [-0.25, -0.2) is 9.78 Å². The topological polar surface area (TPSA) is 75.2 Å². The van der Waals surface area contributed by atoms with Gasteiger partial charge in [-0.05, 0) is 12.8 Å². The van der Waals surface area contributed by atoms with Crippen LogP contribution in [0.5, 0.6) is 0 Å². The predicted octanol–water partition coefficient (Wildman–Crippen LogP) is 1.13. The zero-order valence-corrected chi connectivity index (χ0v) is 8.87. The van der Waals surface area contributed by atoms with Crippen LogP contribution in [0.2, 0.25) is 0 Å². The molecule has 2 unspecified atom stereocenters. The number of aromatic nitrogens is 2. The van der Waals surface area contributed by atoms with Gasteiger partial charge in [0.25, 0.3) is 0 Å². The van der Waals surface area contributed by atoms with Crippen LogP contribution in [0.4, 0.5) is 0 Å². The van der Waals surface area contributed by atoms with Gasteiger partial charge in [0.2, 0.25) is 0 Å². The third-order valence-corrected chi connectivity index (χ3v) is 3.30. The second-order valence-electron chi connectivity index (χ2n) is 3.37. The molecular weight excluding hydrogens is 216 g/mol. The Kier molecular flexibility index (Phi) is 3.27. The summed E-state index contributed by atoms with van der Waals surface area (Å²) >= 11 is 1.55. The van der Waals surface area contributed by atoms with E-state index in [9.17, 15) is 4.79 Å². The quantitative estimate of drug-likeness (QED) is 0.756. The average molecular weight is 228 g/mol. The third-order valence-electron chi connectivity index (χ3n) is 2.26. The summed E-state index contributed by atoms with van der Waals surface area (Å²) in [6, 6.07) is 0. The molecule has 1 aliphatic heterocycles. The van der Waals surface area contributed by atoms with Crippen molar-refractivity contribution in [2.75, 3.05) is 5.75 Å². The molecule has 0 bridgehead atoms. The van der Waals surface area contributed by atoms with E-state index in [0.717, 1.165) is 17.3 Å². The van der Waals surface area contributed by atoms with Gasteiger partial charge < -0.3 is 14.8 Å². The molecule has 5 nitrogen and oxygen atoms in total. The number of carboxylic acids is 1. The maximum Gasteiger partial charge on any atom is 0.332 e. The summed E-state index contributed by atoms with van der Waals surface area (Å²) in [6.45, 7) is 0. The smallest absolute Gasteiger partial charge is 0.332 e. The molecule has 2 N–H and O–H groups in total. The summed E-state index contributed by atoms with van der Waals surface area (Å²) in [5.41, 5.74) is 0. The van der Waals surface area contributed by atoms with E-state index in [1.807, 2.05) is 0 Å². The molecule has 1 saturated heterocycles. The lowest BCUT2D eigenvalue weighted by Gasteiger charge is -2.09. The van der Waals surface area contributed by atoms with Crippen LogP contribution < -0.4 is 0 Å². The average Bonchev–Trinajstić information content (AvgIpc) is 2.86. The Hall–Kier alpha value is -1.01. The molecule has 0 saturated carbocycles. The summed E-state index contributed by atoms with van der Waals surface area (Å²) in [7, 11) is 0. The minimum absolute atomic E-state index is 0.0289. The Bertz CT molecular complexity index is 328. The van der Waals surface area contributed by atoms with Gasteiger partial charge in [0, 0.05) is 18.1 Å². The van der Waals surface area contributed by atoms with Crippen molar-refractivity contribution < 1.29 is 14.6 Å². The molecule has 0 aliphatic carbocycles. The van der Waals surface area contributed by atoms with Gasteiger partial charge in [-0.3, -0.25) is 0 Å². The van der Waals surface area contributed by atoms with Gasteiger partial charge in [0.1, 0.15) is 0 Å². The molecule has 2 atom stereocenters. The fourth-order valence-corrected chi connectivity index (χ4v) is 2.39. The van der Waals surface area contributed by atoms with Gasteiger partial charge in [-0.15, -0.1) is 0 Å². The van der Waals surface area contributed by atoms with E-state index in [-0.39, 0.29) is 6.10 Å². The number of aromatic amines is 1. The van der Waals surface area contributed by atoms with Gasteiger partial charge in [-0.1, -0.05) is 11.8 Å². The van der Waals surface area contributed by atoms with E-state index in [1.54, 1.807) is 24.2 Å². The van der Waals surface area contributed by atoms with E-state index in [1.165, 1.54) is 0 Å². The summed E-state index contributed by atoms with van der Waals surface area (Å²) in [5.74, 6) is -0.113. The van der Waals surface area contributed by atoms with Crippen molar-refractivity contribution >= 4 is 17.7 Å². The molecule has 2 heterocycles. The molecule has 1 aromatic heterocycles. The largest absolute Gasteiger partial charge is 0.479 e. The van der Waals surface area contributed by atoms with Crippen LogP contribution in [-0.2, 0) is 9.53 Å². The van der Waals surface area contributed by atoms with Crippen LogP contribution in [-0.4, -0.2) is 39.0 Å². The first kappa shape index (κ1) is 10.5. The second-order valence-corrected chi connectivity index (χ2v) is 4.38. The number of rotatable bonds is 4. The van der Waals surface area contributed by atoms with Crippen molar-refractivity contribution in [2.24, 2.45) is 0 Å². The summed E-state index contributed by atoms with van der Waals surface area (Å²) in [4.78, 5) is 17.7. The number of imidazole rings is 1. The van der Waals surface area contributed by atoms with Crippen molar-refractivity contribution in [1.29, 1.82) is 0 Å². The van der Waals surface area contributed by atoms with Crippen LogP contribution in [0.25, 0.3) is 0 Å². The molecule has 0 spiro atoms. The first-order valence-corrected chi connectivity index (χ1v) is 5.74. The Balaban J connectivity index is 1.75. The van der Waals surface area contributed by atoms with Gasteiger partial charge in [0.05, 0.1) is 6.10 Å². The Morgan fingerprint density at radius 3 is 3.20 bits per heavy atom. The number of carbonyl (C=O) groups is 1. The third kappa shape index (κ3) is 2.73. The number of hydrogen-bond acceptors (Lipinski definition) is 4. The Labute approximate surface area is 91.2 Å². The SMILES string of the molecule is O=C(O)C1CCC(CSc2ncc[nH]2)O1. The lowest BCUT2D eigenvalue weighted by atomic mass is 10.2. The molecule has 0 radical (unpaired) electrons. The normalized spacial score (nSPS) is 25.6. The van der Waals surface area contributed by atoms with Crippen LogP contribution in [0.3, 0.4) is 0 Å². The number of ether oxygens (including phenoxy) is 1. The number of aliphatic carboxylic acids is 1. The molecule has 15 heavy (non-hydrogen) atoms. The summed E-state index contributed by atoms with van der Waals surface area (Å²) < 4.78 is 5.36. The van der Waals surface area contributed by atoms with Crippen LogP contribution >= 0.6 is 11.8 Å². The van der Waals surface area contributed by atoms with Crippen LogP contribution in [0.1, 0.15) is 12.8 Å². The van der Waals surface area contributed by atoms with E-state index in [4.69, 9.17) is 9.84 Å². The molecule has 1 aromatic rings.